The van der Waals surface area contributed by atoms with Crippen molar-refractivity contribution in [1.82, 2.24) is 9.88 Å². The number of rotatable bonds is 3. The van der Waals surface area contributed by atoms with Crippen molar-refractivity contribution in [2.75, 3.05) is 44.8 Å². The highest BCUT2D eigenvalue weighted by Crippen LogP contribution is 2.24. The fraction of sp³-hybridized carbons (Fsp3) is 0.273. The second kappa shape index (κ2) is 9.24. The van der Waals surface area contributed by atoms with E-state index in [0.717, 1.165) is 37.4 Å². The number of fused-ring (bicyclic) bond motifs is 1. The summed E-state index contributed by atoms with van der Waals surface area (Å²) in [5.41, 5.74) is 4.57. The molecule has 1 aliphatic rings. The number of hydrogen-bond donors (Lipinski definition) is 0. The van der Waals surface area contributed by atoms with E-state index in [1.54, 1.807) is 0 Å². The number of benzene rings is 2. The molecule has 0 radical (unpaired) electrons. The molecule has 2 heterocycles. The van der Waals surface area contributed by atoms with Crippen molar-refractivity contribution in [3.63, 3.8) is 0 Å². The van der Waals surface area contributed by atoms with E-state index in [1.165, 1.54) is 16.6 Å². The van der Waals surface area contributed by atoms with Crippen molar-refractivity contribution in [2.24, 2.45) is 0 Å². The number of anilines is 1. The first-order chi connectivity index (χ1) is 13.2. The fourth-order valence-corrected chi connectivity index (χ4v) is 3.13. The summed E-state index contributed by atoms with van der Waals surface area (Å²) in [6, 6.07) is 21.3. The number of alkyl halides is 1. The molecule has 5 heteroatoms. The average Bonchev–Trinajstić information content (AvgIpc) is 2.74. The Bertz CT molecular complexity index is 874. The fourth-order valence-electron chi connectivity index (χ4n) is 3.13. The van der Waals surface area contributed by atoms with Gasteiger partial charge in [-0.2, -0.15) is 0 Å². The first kappa shape index (κ1) is 19.0. The number of likely N-dealkylation sites (N-methyl/N-ethyl adjacent to an activating group) is 1. The van der Waals surface area contributed by atoms with Crippen LogP contribution in [0.25, 0.3) is 22.2 Å². The Morgan fingerprint density at radius 1 is 0.963 bits per heavy atom. The van der Waals surface area contributed by atoms with Crippen LogP contribution in [0.1, 0.15) is 0 Å². The molecule has 0 spiro atoms. The van der Waals surface area contributed by atoms with Gasteiger partial charge < -0.3 is 14.6 Å². The lowest BCUT2D eigenvalue weighted by molar-refractivity contribution is -0.108. The normalized spacial score (nSPS) is 14.5. The van der Waals surface area contributed by atoms with Crippen molar-refractivity contribution in [3.8, 4) is 11.3 Å². The summed E-state index contributed by atoms with van der Waals surface area (Å²) in [5.74, 6) is 0. The van der Waals surface area contributed by atoms with Gasteiger partial charge in [0.1, 0.15) is 6.67 Å². The molecule has 1 aromatic heterocycles. The van der Waals surface area contributed by atoms with Crippen LogP contribution in [0, 0.1) is 0 Å². The van der Waals surface area contributed by atoms with E-state index < -0.39 is 6.67 Å². The third-order valence-electron chi connectivity index (χ3n) is 4.69. The first-order valence-corrected chi connectivity index (χ1v) is 9.10. The maximum Gasteiger partial charge on any atom is 0.150 e. The van der Waals surface area contributed by atoms with Crippen LogP contribution >= 0.6 is 0 Å². The number of nitrogens with zero attached hydrogens (tertiary/aromatic N) is 3. The monoisotopic (exact) mass is 365 g/mol. The second-order valence-electron chi connectivity index (χ2n) is 6.55. The van der Waals surface area contributed by atoms with E-state index in [2.05, 4.69) is 71.4 Å². The van der Waals surface area contributed by atoms with E-state index in [4.69, 9.17) is 9.78 Å². The van der Waals surface area contributed by atoms with Crippen molar-refractivity contribution >= 4 is 22.9 Å². The molecule has 4 nitrogen and oxygen atoms in total. The third-order valence-corrected chi connectivity index (χ3v) is 4.69. The quantitative estimate of drug-likeness (QED) is 0.662. The molecule has 0 unspecified atom stereocenters. The van der Waals surface area contributed by atoms with Gasteiger partial charge in [-0.3, -0.25) is 0 Å². The molecule has 0 saturated carbocycles. The standard InChI is InChI=1S/C20H21N3.C2H3FO/c1-22-12-14-23(15-13-22)18-9-6-17(7-10-18)20-11-8-16-4-2-3-5-19(16)21-20;3-1-2-4/h2-11H,12-15H2,1H3;2H,1H2. The van der Waals surface area contributed by atoms with Gasteiger partial charge >= 0.3 is 0 Å². The number of pyridine rings is 1. The zero-order valence-electron chi connectivity index (χ0n) is 15.5. The molecular formula is C22H24FN3O. The van der Waals surface area contributed by atoms with Crippen molar-refractivity contribution in [1.29, 1.82) is 0 Å². The third kappa shape index (κ3) is 4.89. The molecule has 2 aromatic carbocycles. The Morgan fingerprint density at radius 3 is 2.30 bits per heavy atom. The van der Waals surface area contributed by atoms with Gasteiger partial charge in [0.2, 0.25) is 0 Å². The van der Waals surface area contributed by atoms with Crippen molar-refractivity contribution < 1.29 is 9.18 Å². The van der Waals surface area contributed by atoms with Gasteiger partial charge in [-0.15, -0.1) is 0 Å². The van der Waals surface area contributed by atoms with Crippen LogP contribution in [0.5, 0.6) is 0 Å². The average molecular weight is 365 g/mol. The molecule has 1 fully saturated rings. The van der Waals surface area contributed by atoms with Gasteiger partial charge in [0.25, 0.3) is 0 Å². The van der Waals surface area contributed by atoms with E-state index in [-0.39, 0.29) is 6.29 Å². The molecule has 0 aliphatic carbocycles. The van der Waals surface area contributed by atoms with Gasteiger partial charge in [0.15, 0.2) is 6.29 Å². The molecule has 27 heavy (non-hydrogen) atoms. The predicted octanol–water partition coefficient (Wildman–Crippen LogP) is 3.81. The Labute approximate surface area is 159 Å². The topological polar surface area (TPSA) is 36.4 Å². The Balaban J connectivity index is 0.000000481. The van der Waals surface area contributed by atoms with Gasteiger partial charge in [-0.05, 0) is 31.3 Å². The summed E-state index contributed by atoms with van der Waals surface area (Å²) in [4.78, 5) is 18.4. The second-order valence-corrected chi connectivity index (χ2v) is 6.55. The number of aldehydes is 1. The summed E-state index contributed by atoms with van der Waals surface area (Å²) >= 11 is 0. The van der Waals surface area contributed by atoms with E-state index in [1.807, 2.05) is 6.07 Å². The summed E-state index contributed by atoms with van der Waals surface area (Å²) in [5, 5.41) is 1.19. The van der Waals surface area contributed by atoms with Crippen LogP contribution in [0.3, 0.4) is 0 Å². The van der Waals surface area contributed by atoms with Gasteiger partial charge in [-0.1, -0.05) is 36.4 Å². The van der Waals surface area contributed by atoms with Crippen LogP contribution in [-0.2, 0) is 4.79 Å². The number of hydrogen-bond acceptors (Lipinski definition) is 4. The minimum atomic E-state index is -0.861. The summed E-state index contributed by atoms with van der Waals surface area (Å²) in [7, 11) is 2.19. The molecule has 140 valence electrons. The van der Waals surface area contributed by atoms with Crippen LogP contribution in [0.15, 0.2) is 60.7 Å². The maximum atomic E-state index is 10.4. The SMILES string of the molecule is CN1CCN(c2ccc(-c3ccc4ccccc4n3)cc2)CC1.O=CCF. The zero-order chi connectivity index (χ0) is 19.1. The molecule has 3 aromatic rings. The number of piperazine rings is 1. The highest BCUT2D eigenvalue weighted by Gasteiger charge is 2.14. The summed E-state index contributed by atoms with van der Waals surface area (Å²) < 4.78 is 10.4. The van der Waals surface area contributed by atoms with Gasteiger partial charge in [0, 0.05) is 42.8 Å². The molecule has 1 aliphatic heterocycles. The molecule has 0 bridgehead atoms. The van der Waals surface area contributed by atoms with Crippen LogP contribution in [0.2, 0.25) is 0 Å². The molecule has 0 atom stereocenters. The lowest BCUT2D eigenvalue weighted by Gasteiger charge is -2.34. The van der Waals surface area contributed by atoms with Gasteiger partial charge in [-0.25, -0.2) is 9.37 Å². The van der Waals surface area contributed by atoms with E-state index >= 15 is 0 Å². The highest BCUT2D eigenvalue weighted by molar-refractivity contribution is 5.81. The number of carbonyl (C=O) groups is 1. The molecule has 0 amide bonds. The predicted molar refractivity (Wildman–Crippen MR) is 109 cm³/mol. The number of halogens is 1. The minimum Gasteiger partial charge on any atom is -0.369 e. The van der Waals surface area contributed by atoms with E-state index in [0.29, 0.717) is 0 Å². The van der Waals surface area contributed by atoms with E-state index in [9.17, 15) is 4.39 Å². The van der Waals surface area contributed by atoms with Crippen LogP contribution < -0.4 is 4.90 Å². The number of carbonyl (C=O) groups excluding carboxylic acids is 1. The highest BCUT2D eigenvalue weighted by atomic mass is 19.1. The number of para-hydroxylation sites is 1. The largest absolute Gasteiger partial charge is 0.369 e. The smallest absolute Gasteiger partial charge is 0.150 e. The van der Waals surface area contributed by atoms with Crippen LogP contribution in [0.4, 0.5) is 10.1 Å². The Hall–Kier alpha value is -2.79. The molecule has 1 saturated heterocycles. The maximum absolute atomic E-state index is 10.4. The van der Waals surface area contributed by atoms with Crippen LogP contribution in [-0.4, -0.2) is 56.1 Å². The first-order valence-electron chi connectivity index (χ1n) is 9.10. The zero-order valence-corrected chi connectivity index (χ0v) is 15.5. The number of aromatic nitrogens is 1. The minimum absolute atomic E-state index is 0.208. The lowest BCUT2D eigenvalue weighted by atomic mass is 10.1. The lowest BCUT2D eigenvalue weighted by Crippen LogP contribution is -2.44. The summed E-state index contributed by atoms with van der Waals surface area (Å²) in [6.07, 6.45) is 0.208. The Morgan fingerprint density at radius 2 is 1.63 bits per heavy atom. The van der Waals surface area contributed by atoms with Gasteiger partial charge in [0.05, 0.1) is 11.2 Å². The summed E-state index contributed by atoms with van der Waals surface area (Å²) in [6.45, 7) is 3.61. The van der Waals surface area contributed by atoms with Crippen molar-refractivity contribution in [3.05, 3.63) is 60.7 Å². The Kier molecular flexibility index (Phi) is 6.49. The molecular weight excluding hydrogens is 341 g/mol. The molecule has 4 rings (SSSR count). The molecule has 0 N–H and O–H groups in total. The van der Waals surface area contributed by atoms with Crippen molar-refractivity contribution in [2.45, 2.75) is 0 Å².